The third-order valence-electron chi connectivity index (χ3n) is 8.21. The summed E-state index contributed by atoms with van der Waals surface area (Å²) in [6.45, 7) is 7.49. The molecule has 5 heteroatoms. The van der Waals surface area contributed by atoms with Crippen LogP contribution in [-0.2, 0) is 23.8 Å². The lowest BCUT2D eigenvalue weighted by Crippen LogP contribution is -2.30. The molecule has 0 bridgehead atoms. The monoisotopic (exact) mass is 697 g/mol. The normalized spacial score (nSPS) is 12.9. The number of unbranched alkanes of at least 4 members (excludes halogenated alkanes) is 13. The van der Waals surface area contributed by atoms with Gasteiger partial charge in [0.25, 0.3) is 0 Å². The molecule has 0 radical (unpaired) electrons. The summed E-state index contributed by atoms with van der Waals surface area (Å²) < 4.78 is 17.1. The van der Waals surface area contributed by atoms with Crippen LogP contribution in [0.25, 0.3) is 0 Å². The fourth-order valence-electron chi connectivity index (χ4n) is 5.18. The van der Waals surface area contributed by atoms with Gasteiger partial charge in [-0.3, -0.25) is 9.59 Å². The molecule has 0 fully saturated rings. The Morgan fingerprint density at radius 1 is 0.460 bits per heavy atom. The summed E-state index contributed by atoms with van der Waals surface area (Å²) in [6, 6.07) is 0. The quantitative estimate of drug-likeness (QED) is 0.0371. The largest absolute Gasteiger partial charge is 0.462 e. The lowest BCUT2D eigenvalue weighted by Gasteiger charge is -2.18. The smallest absolute Gasteiger partial charge is 0.306 e. The van der Waals surface area contributed by atoms with Crippen molar-refractivity contribution in [3.8, 4) is 0 Å². The summed E-state index contributed by atoms with van der Waals surface area (Å²) in [7, 11) is 0. The molecule has 0 amide bonds. The standard InChI is InChI=1S/C45H76O5/c1-4-7-10-13-15-17-19-21-23-24-26-28-30-33-35-38-44(46)49-42-43(50-45(47)39-36-32-12-9-6-3)41-48-40-37-34-31-29-27-25-22-20-18-16-14-11-8-5-2/h7,10-11,14-15,17-18,20-21,23,26,28,43H,4-6,8-9,12-13,16,19,22,24-25,27,29-42H2,1-3H3/b10-7-,14-11-,17-15-,20-18-,23-21-,28-26-. The summed E-state index contributed by atoms with van der Waals surface area (Å²) in [4.78, 5) is 24.9. The molecule has 1 atom stereocenters. The number of carbonyl (C=O) groups excluding carboxylic acids is 2. The topological polar surface area (TPSA) is 61.8 Å². The lowest BCUT2D eigenvalue weighted by atomic mass is 10.1. The predicted octanol–water partition coefficient (Wildman–Crippen LogP) is 13.2. The van der Waals surface area contributed by atoms with Gasteiger partial charge in [-0.25, -0.2) is 0 Å². The Morgan fingerprint density at radius 2 is 0.940 bits per heavy atom. The molecule has 0 aromatic heterocycles. The molecule has 0 aliphatic carbocycles. The van der Waals surface area contributed by atoms with Gasteiger partial charge < -0.3 is 14.2 Å². The minimum Gasteiger partial charge on any atom is -0.462 e. The predicted molar refractivity (Wildman–Crippen MR) is 214 cm³/mol. The van der Waals surface area contributed by atoms with Crippen molar-refractivity contribution < 1.29 is 23.8 Å². The van der Waals surface area contributed by atoms with E-state index in [1.165, 1.54) is 57.8 Å². The van der Waals surface area contributed by atoms with Crippen molar-refractivity contribution in [1.82, 2.24) is 0 Å². The minimum atomic E-state index is -0.554. The molecule has 0 aliphatic rings. The van der Waals surface area contributed by atoms with E-state index < -0.39 is 6.10 Å². The first-order valence-electron chi connectivity index (χ1n) is 20.5. The Hall–Kier alpha value is -2.66. The SMILES string of the molecule is CC/C=C\C/C=C\C/C=C\C/C=C\CCCCC(=O)OCC(COCCCCCCCC/C=C\C/C=C\CCC)OC(=O)CCCCCCC. The third kappa shape index (κ3) is 38.1. The molecule has 0 saturated heterocycles. The van der Waals surface area contributed by atoms with Gasteiger partial charge in [-0.1, -0.05) is 151 Å². The van der Waals surface area contributed by atoms with Gasteiger partial charge in [0.2, 0.25) is 0 Å². The number of esters is 2. The van der Waals surface area contributed by atoms with Crippen LogP contribution >= 0.6 is 0 Å². The van der Waals surface area contributed by atoms with E-state index in [1.54, 1.807) is 0 Å². The molecule has 286 valence electrons. The van der Waals surface area contributed by atoms with Crippen LogP contribution in [0.5, 0.6) is 0 Å². The maximum Gasteiger partial charge on any atom is 0.306 e. The second-order valence-electron chi connectivity index (χ2n) is 13.2. The first kappa shape index (κ1) is 47.3. The Morgan fingerprint density at radius 3 is 1.56 bits per heavy atom. The highest BCUT2D eigenvalue weighted by atomic mass is 16.6. The minimum absolute atomic E-state index is 0.0563. The van der Waals surface area contributed by atoms with Gasteiger partial charge >= 0.3 is 11.9 Å². The molecule has 0 N–H and O–H groups in total. The Kier molecular flexibility index (Phi) is 38.6. The number of hydrogen-bond donors (Lipinski definition) is 0. The summed E-state index contributed by atoms with van der Waals surface area (Å²) >= 11 is 0. The number of carbonyl (C=O) groups is 2. The fraction of sp³-hybridized carbons (Fsp3) is 0.689. The molecule has 0 spiro atoms. The summed E-state index contributed by atoms with van der Waals surface area (Å²) in [5.74, 6) is -0.470. The van der Waals surface area contributed by atoms with Crippen molar-refractivity contribution in [2.24, 2.45) is 0 Å². The van der Waals surface area contributed by atoms with Crippen LogP contribution in [-0.4, -0.2) is 37.9 Å². The van der Waals surface area contributed by atoms with Gasteiger partial charge in [-0.2, -0.15) is 0 Å². The fourth-order valence-corrected chi connectivity index (χ4v) is 5.18. The van der Waals surface area contributed by atoms with Gasteiger partial charge in [-0.05, 0) is 83.5 Å². The van der Waals surface area contributed by atoms with Crippen LogP contribution < -0.4 is 0 Å². The zero-order valence-corrected chi connectivity index (χ0v) is 32.6. The van der Waals surface area contributed by atoms with E-state index >= 15 is 0 Å². The van der Waals surface area contributed by atoms with E-state index in [4.69, 9.17) is 14.2 Å². The molecule has 0 aromatic carbocycles. The lowest BCUT2D eigenvalue weighted by molar-refractivity contribution is -0.163. The van der Waals surface area contributed by atoms with Crippen LogP contribution in [0, 0.1) is 0 Å². The van der Waals surface area contributed by atoms with Crippen molar-refractivity contribution >= 4 is 11.9 Å². The van der Waals surface area contributed by atoms with Gasteiger partial charge in [-0.15, -0.1) is 0 Å². The summed E-state index contributed by atoms with van der Waals surface area (Å²) in [5, 5.41) is 0. The van der Waals surface area contributed by atoms with Crippen LogP contribution in [0.15, 0.2) is 72.9 Å². The van der Waals surface area contributed by atoms with E-state index in [0.717, 1.165) is 83.5 Å². The Labute approximate surface area is 308 Å². The van der Waals surface area contributed by atoms with E-state index in [1.807, 2.05) is 0 Å². The van der Waals surface area contributed by atoms with Gasteiger partial charge in [0.15, 0.2) is 6.10 Å². The molecule has 50 heavy (non-hydrogen) atoms. The highest BCUT2D eigenvalue weighted by Crippen LogP contribution is 2.11. The van der Waals surface area contributed by atoms with Crippen molar-refractivity contribution in [3.63, 3.8) is 0 Å². The second kappa shape index (κ2) is 40.8. The van der Waals surface area contributed by atoms with Crippen LogP contribution in [0.3, 0.4) is 0 Å². The molecule has 0 aromatic rings. The first-order valence-corrected chi connectivity index (χ1v) is 20.5. The molecular formula is C45H76O5. The van der Waals surface area contributed by atoms with E-state index in [0.29, 0.717) is 19.4 Å². The van der Waals surface area contributed by atoms with Crippen molar-refractivity contribution in [2.45, 2.75) is 181 Å². The average Bonchev–Trinajstić information content (AvgIpc) is 3.11. The third-order valence-corrected chi connectivity index (χ3v) is 8.21. The van der Waals surface area contributed by atoms with E-state index in [2.05, 4.69) is 93.7 Å². The first-order chi connectivity index (χ1) is 24.6. The van der Waals surface area contributed by atoms with Crippen molar-refractivity contribution in [3.05, 3.63) is 72.9 Å². The van der Waals surface area contributed by atoms with E-state index in [-0.39, 0.29) is 25.2 Å². The number of allylic oxidation sites excluding steroid dienone is 12. The van der Waals surface area contributed by atoms with Gasteiger partial charge in [0.05, 0.1) is 6.61 Å². The molecule has 1 unspecified atom stereocenters. The van der Waals surface area contributed by atoms with Crippen molar-refractivity contribution in [1.29, 1.82) is 0 Å². The maximum atomic E-state index is 12.5. The summed E-state index contributed by atoms with van der Waals surface area (Å²) in [5.41, 5.74) is 0. The molecular weight excluding hydrogens is 620 g/mol. The Bertz CT molecular complexity index is 926. The molecule has 5 nitrogen and oxygen atoms in total. The number of hydrogen-bond acceptors (Lipinski definition) is 5. The van der Waals surface area contributed by atoms with Crippen LogP contribution in [0.1, 0.15) is 175 Å². The van der Waals surface area contributed by atoms with E-state index in [9.17, 15) is 9.59 Å². The average molecular weight is 697 g/mol. The number of ether oxygens (including phenoxy) is 3. The van der Waals surface area contributed by atoms with Gasteiger partial charge in [0, 0.05) is 19.4 Å². The molecule has 0 aliphatic heterocycles. The molecule has 0 rings (SSSR count). The maximum absolute atomic E-state index is 12.5. The Balaban J connectivity index is 4.20. The molecule has 0 heterocycles. The van der Waals surface area contributed by atoms with Crippen molar-refractivity contribution in [2.75, 3.05) is 19.8 Å². The van der Waals surface area contributed by atoms with Gasteiger partial charge in [0.1, 0.15) is 6.61 Å². The zero-order chi connectivity index (χ0) is 36.4. The van der Waals surface area contributed by atoms with Crippen LogP contribution in [0.2, 0.25) is 0 Å². The highest BCUT2D eigenvalue weighted by Gasteiger charge is 2.17. The molecule has 0 saturated carbocycles. The highest BCUT2D eigenvalue weighted by molar-refractivity contribution is 5.70. The second-order valence-corrected chi connectivity index (χ2v) is 13.2. The zero-order valence-electron chi connectivity index (χ0n) is 32.6. The number of rotatable bonds is 36. The summed E-state index contributed by atoms with van der Waals surface area (Å²) in [6.07, 6.45) is 50.6. The van der Waals surface area contributed by atoms with Crippen LogP contribution in [0.4, 0.5) is 0 Å².